The summed E-state index contributed by atoms with van der Waals surface area (Å²) in [6, 6.07) is 11.5. The highest BCUT2D eigenvalue weighted by Crippen LogP contribution is 2.36. The third-order valence-electron chi connectivity index (χ3n) is 4.77. The van der Waals surface area contributed by atoms with Crippen LogP contribution in [0.4, 0.5) is 0 Å². The van der Waals surface area contributed by atoms with Crippen molar-refractivity contribution in [3.63, 3.8) is 0 Å². The van der Waals surface area contributed by atoms with Gasteiger partial charge in [-0.2, -0.15) is 5.10 Å². The van der Waals surface area contributed by atoms with E-state index in [0.29, 0.717) is 31.3 Å². The Labute approximate surface area is 209 Å². The van der Waals surface area contributed by atoms with E-state index in [1.165, 1.54) is 36.6 Å². The first-order valence-corrected chi connectivity index (χ1v) is 12.3. The van der Waals surface area contributed by atoms with Gasteiger partial charge in [0.1, 0.15) is 37.4 Å². The zero-order valence-corrected chi connectivity index (χ0v) is 21.2. The van der Waals surface area contributed by atoms with Crippen molar-refractivity contribution in [1.82, 2.24) is 14.9 Å². The normalized spacial score (nSPS) is 11.0. The second kappa shape index (κ2) is 14.2. The minimum absolute atomic E-state index is 0.364. The molecule has 0 radical (unpaired) electrons. The molecule has 0 amide bonds. The first-order chi connectivity index (χ1) is 16.7. The molecule has 0 aliphatic carbocycles. The number of aromatic nitrogens is 3. The molecule has 1 aromatic heterocycles. The molecular weight excluding hydrogens is 500 g/mol. The average Bonchev–Trinajstić information content (AvgIpc) is 3.36. The lowest BCUT2D eigenvalue weighted by atomic mass is 10.2. The summed E-state index contributed by atoms with van der Waals surface area (Å²) in [4.78, 5) is 0. The minimum Gasteiger partial charge on any atom is -0.494 e. The van der Waals surface area contributed by atoms with Crippen LogP contribution in [0.5, 0.6) is 23.0 Å². The molecule has 0 bridgehead atoms. The molecule has 0 atom stereocenters. The molecule has 0 aliphatic heterocycles. The Bertz CT molecular complexity index is 1010. The highest BCUT2D eigenvalue weighted by molar-refractivity contribution is 9.10. The number of hydrogen-bond acceptors (Lipinski definition) is 7. The molecule has 0 unspecified atom stereocenters. The number of hydrogen-bond donors (Lipinski definition) is 0. The van der Waals surface area contributed by atoms with E-state index in [1.807, 2.05) is 43.3 Å². The van der Waals surface area contributed by atoms with Crippen LogP contribution in [-0.4, -0.2) is 47.5 Å². The van der Waals surface area contributed by atoms with Gasteiger partial charge in [0.15, 0.2) is 11.5 Å². The smallest absolute Gasteiger partial charge is 0.175 e. The Morgan fingerprint density at radius 1 is 0.853 bits per heavy atom. The van der Waals surface area contributed by atoms with E-state index >= 15 is 0 Å². The highest BCUT2D eigenvalue weighted by Gasteiger charge is 2.12. The third-order valence-corrected chi connectivity index (χ3v) is 5.36. The summed E-state index contributed by atoms with van der Waals surface area (Å²) in [7, 11) is 0. The average molecular weight is 531 g/mol. The molecule has 3 rings (SSSR count). The van der Waals surface area contributed by atoms with Crippen molar-refractivity contribution in [2.75, 3.05) is 26.4 Å². The quantitative estimate of drug-likeness (QED) is 0.184. The van der Waals surface area contributed by atoms with Gasteiger partial charge in [-0.15, -0.1) is 10.2 Å². The number of nitrogens with zero attached hydrogens (tertiary/aromatic N) is 4. The molecule has 3 aromatic rings. The predicted octanol–water partition coefficient (Wildman–Crippen LogP) is 5.74. The van der Waals surface area contributed by atoms with Crippen molar-refractivity contribution in [3.05, 3.63) is 59.1 Å². The second-order valence-electron chi connectivity index (χ2n) is 7.43. The summed E-state index contributed by atoms with van der Waals surface area (Å²) in [6.07, 6.45) is 9.50. The molecular formula is C25H31BrN4O4. The fraction of sp³-hybridized carbons (Fsp3) is 0.400. The molecule has 34 heavy (non-hydrogen) atoms. The molecule has 9 heteroatoms. The Kier molecular flexibility index (Phi) is 10.7. The molecule has 2 aromatic carbocycles. The molecule has 0 spiro atoms. The molecule has 0 saturated heterocycles. The van der Waals surface area contributed by atoms with E-state index < -0.39 is 0 Å². The van der Waals surface area contributed by atoms with Crippen molar-refractivity contribution < 1.29 is 18.9 Å². The van der Waals surface area contributed by atoms with Crippen molar-refractivity contribution >= 4 is 22.1 Å². The molecule has 0 fully saturated rings. The first-order valence-electron chi connectivity index (χ1n) is 11.5. The standard InChI is InChI=1S/C25H31BrN4O4/c1-3-5-6-7-12-32-21-8-10-22(11-9-21)33-13-14-34-25-23(26)15-20(16-24(25)31-4-2)17-29-30-18-27-28-19-30/h8-11,15-19H,3-7,12-14H2,1-2H3/b29-17+. The Balaban J connectivity index is 1.49. The number of benzene rings is 2. The van der Waals surface area contributed by atoms with Crippen LogP contribution >= 0.6 is 15.9 Å². The monoisotopic (exact) mass is 530 g/mol. The van der Waals surface area contributed by atoms with Crippen molar-refractivity contribution in [2.24, 2.45) is 5.10 Å². The van der Waals surface area contributed by atoms with Crippen LogP contribution in [0.25, 0.3) is 0 Å². The summed E-state index contributed by atoms with van der Waals surface area (Å²) in [6.45, 7) is 6.15. The maximum absolute atomic E-state index is 5.97. The van der Waals surface area contributed by atoms with Gasteiger partial charge in [-0.25, -0.2) is 4.68 Å². The third kappa shape index (κ3) is 8.37. The zero-order valence-electron chi connectivity index (χ0n) is 19.7. The highest BCUT2D eigenvalue weighted by atomic mass is 79.9. The molecule has 0 N–H and O–H groups in total. The van der Waals surface area contributed by atoms with E-state index in [1.54, 1.807) is 6.21 Å². The summed E-state index contributed by atoms with van der Waals surface area (Å²) < 4.78 is 25.6. The Morgan fingerprint density at radius 3 is 2.21 bits per heavy atom. The van der Waals surface area contributed by atoms with Gasteiger partial charge in [-0.3, -0.25) is 0 Å². The summed E-state index contributed by atoms with van der Waals surface area (Å²) in [5.41, 5.74) is 0.847. The van der Waals surface area contributed by atoms with Crippen molar-refractivity contribution in [3.8, 4) is 23.0 Å². The fourth-order valence-corrected chi connectivity index (χ4v) is 3.68. The van der Waals surface area contributed by atoms with Crippen LogP contribution < -0.4 is 18.9 Å². The van der Waals surface area contributed by atoms with Gasteiger partial charge in [-0.1, -0.05) is 26.2 Å². The number of halogens is 1. The van der Waals surface area contributed by atoms with Gasteiger partial charge in [-0.05, 0) is 71.2 Å². The fourth-order valence-electron chi connectivity index (χ4n) is 3.11. The van der Waals surface area contributed by atoms with Gasteiger partial charge in [0.25, 0.3) is 0 Å². The molecule has 8 nitrogen and oxygen atoms in total. The number of rotatable bonds is 15. The second-order valence-corrected chi connectivity index (χ2v) is 8.28. The van der Waals surface area contributed by atoms with Crippen LogP contribution in [0.2, 0.25) is 0 Å². The van der Waals surface area contributed by atoms with Crippen LogP contribution in [-0.2, 0) is 0 Å². The minimum atomic E-state index is 0.364. The SMILES string of the molecule is CCCCCCOc1ccc(OCCOc2c(Br)cc(/C=N/n3cnnc3)cc2OCC)cc1. The largest absolute Gasteiger partial charge is 0.494 e. The lowest BCUT2D eigenvalue weighted by Crippen LogP contribution is -2.10. The van der Waals surface area contributed by atoms with Crippen molar-refractivity contribution in [1.29, 1.82) is 0 Å². The van der Waals surface area contributed by atoms with Crippen LogP contribution in [0.3, 0.4) is 0 Å². The molecule has 1 heterocycles. The van der Waals surface area contributed by atoms with E-state index in [4.69, 9.17) is 18.9 Å². The van der Waals surface area contributed by atoms with E-state index in [9.17, 15) is 0 Å². The Hall–Kier alpha value is -3.07. The summed E-state index contributed by atoms with van der Waals surface area (Å²) in [5.74, 6) is 2.88. The lowest BCUT2D eigenvalue weighted by Gasteiger charge is -2.15. The number of ether oxygens (including phenoxy) is 4. The number of unbranched alkanes of at least 4 members (excludes halogenated alkanes) is 3. The van der Waals surface area contributed by atoms with Gasteiger partial charge in [0, 0.05) is 0 Å². The van der Waals surface area contributed by atoms with E-state index in [-0.39, 0.29) is 0 Å². The first kappa shape index (κ1) is 25.6. The van der Waals surface area contributed by atoms with Crippen LogP contribution in [0, 0.1) is 0 Å². The summed E-state index contributed by atoms with van der Waals surface area (Å²) in [5, 5.41) is 11.7. The molecule has 182 valence electrons. The van der Waals surface area contributed by atoms with E-state index in [2.05, 4.69) is 38.2 Å². The Morgan fingerprint density at radius 2 is 1.53 bits per heavy atom. The predicted molar refractivity (Wildman–Crippen MR) is 135 cm³/mol. The van der Waals surface area contributed by atoms with E-state index in [0.717, 1.165) is 34.6 Å². The van der Waals surface area contributed by atoms with Crippen molar-refractivity contribution in [2.45, 2.75) is 39.5 Å². The molecule has 0 aliphatic rings. The maximum Gasteiger partial charge on any atom is 0.175 e. The maximum atomic E-state index is 5.97. The van der Waals surface area contributed by atoms with Crippen LogP contribution in [0.15, 0.2) is 58.6 Å². The lowest BCUT2D eigenvalue weighted by molar-refractivity contribution is 0.207. The summed E-state index contributed by atoms with van der Waals surface area (Å²) >= 11 is 3.57. The zero-order chi connectivity index (χ0) is 24.0. The van der Waals surface area contributed by atoms with Gasteiger partial charge in [0.05, 0.1) is 23.9 Å². The van der Waals surface area contributed by atoms with Gasteiger partial charge >= 0.3 is 0 Å². The van der Waals surface area contributed by atoms with Gasteiger partial charge < -0.3 is 18.9 Å². The van der Waals surface area contributed by atoms with Gasteiger partial charge in [0.2, 0.25) is 0 Å². The molecule has 0 saturated carbocycles. The topological polar surface area (TPSA) is 80.0 Å². The van der Waals surface area contributed by atoms with Crippen LogP contribution in [0.1, 0.15) is 45.1 Å².